The van der Waals surface area contributed by atoms with Crippen molar-refractivity contribution in [1.29, 1.82) is 0 Å². The molecule has 3 rings (SSSR count). The summed E-state index contributed by atoms with van der Waals surface area (Å²) in [5, 5.41) is 2.96. The van der Waals surface area contributed by atoms with Crippen LogP contribution in [0.15, 0.2) is 30.7 Å². The van der Waals surface area contributed by atoms with Crippen molar-refractivity contribution in [2.75, 3.05) is 13.7 Å². The lowest BCUT2D eigenvalue weighted by molar-refractivity contribution is -0.00302. The van der Waals surface area contributed by atoms with E-state index in [0.717, 1.165) is 12.1 Å². The molecule has 1 aliphatic rings. The lowest BCUT2D eigenvalue weighted by Gasteiger charge is -2.30. The Morgan fingerprint density at radius 2 is 2.33 bits per heavy atom. The van der Waals surface area contributed by atoms with Crippen molar-refractivity contribution < 1.29 is 18.7 Å². The fraction of sp³-hybridized carbons (Fsp3) is 0.412. The van der Waals surface area contributed by atoms with Crippen LogP contribution in [0.1, 0.15) is 35.0 Å². The largest absolute Gasteiger partial charge is 0.494 e. The molecule has 1 saturated heterocycles. The van der Waals surface area contributed by atoms with E-state index < -0.39 is 5.82 Å². The number of benzene rings is 1. The third-order valence-electron chi connectivity index (χ3n) is 4.22. The number of aryl methyl sites for hydroxylation is 1. The van der Waals surface area contributed by atoms with Gasteiger partial charge >= 0.3 is 0 Å². The Kier molecular flexibility index (Phi) is 4.80. The molecule has 0 spiro atoms. The maximum atomic E-state index is 13.7. The van der Waals surface area contributed by atoms with Gasteiger partial charge in [-0.05, 0) is 31.0 Å². The monoisotopic (exact) mass is 333 g/mol. The summed E-state index contributed by atoms with van der Waals surface area (Å²) in [5.74, 6) is -0.731. The van der Waals surface area contributed by atoms with Crippen LogP contribution in [0.2, 0.25) is 0 Å². The van der Waals surface area contributed by atoms with Gasteiger partial charge in [-0.3, -0.25) is 4.79 Å². The van der Waals surface area contributed by atoms with Crippen molar-refractivity contribution in [3.63, 3.8) is 0 Å². The molecule has 128 valence electrons. The predicted molar refractivity (Wildman–Crippen MR) is 85.3 cm³/mol. The van der Waals surface area contributed by atoms with Crippen LogP contribution >= 0.6 is 0 Å². The number of amides is 1. The van der Waals surface area contributed by atoms with Crippen molar-refractivity contribution in [1.82, 2.24) is 14.9 Å². The van der Waals surface area contributed by atoms with Crippen LogP contribution in [0.4, 0.5) is 4.39 Å². The molecule has 0 radical (unpaired) electrons. The highest BCUT2D eigenvalue weighted by Gasteiger charge is 2.27. The smallest absolute Gasteiger partial charge is 0.251 e. The number of aromatic nitrogens is 2. The van der Waals surface area contributed by atoms with Gasteiger partial charge in [0, 0.05) is 25.3 Å². The number of methoxy groups -OCH3 is 1. The van der Waals surface area contributed by atoms with E-state index in [2.05, 4.69) is 10.3 Å². The van der Waals surface area contributed by atoms with Crippen molar-refractivity contribution in [2.45, 2.75) is 25.0 Å². The summed E-state index contributed by atoms with van der Waals surface area (Å²) in [4.78, 5) is 16.4. The fourth-order valence-corrected chi connectivity index (χ4v) is 2.89. The van der Waals surface area contributed by atoms with Gasteiger partial charge in [-0.25, -0.2) is 9.37 Å². The number of carbonyl (C=O) groups excluding carboxylic acids is 1. The third-order valence-corrected chi connectivity index (χ3v) is 4.22. The van der Waals surface area contributed by atoms with E-state index >= 15 is 0 Å². The van der Waals surface area contributed by atoms with E-state index in [1.165, 1.54) is 19.2 Å². The van der Waals surface area contributed by atoms with Gasteiger partial charge in [-0.1, -0.05) is 0 Å². The SMILES string of the molecule is COc1ccc(C(=O)N[C@@H]2CCO[C@@H](c3cncn3C)C2)cc1F. The molecule has 24 heavy (non-hydrogen) atoms. The standard InChI is InChI=1S/C17H20FN3O3/c1-21-10-19-9-14(21)16-8-12(5-6-24-16)20-17(22)11-3-4-15(23-2)13(18)7-11/h3-4,7,9-10,12,16H,5-6,8H2,1-2H3,(H,20,22)/t12-,16-/m1/s1. The van der Waals surface area contributed by atoms with Crippen LogP contribution in [0.5, 0.6) is 5.75 Å². The molecule has 1 aromatic carbocycles. The second kappa shape index (κ2) is 7.00. The first-order chi connectivity index (χ1) is 11.6. The van der Waals surface area contributed by atoms with E-state index in [1.54, 1.807) is 18.6 Å². The molecule has 1 N–H and O–H groups in total. The highest BCUT2D eigenvalue weighted by Crippen LogP contribution is 2.28. The van der Waals surface area contributed by atoms with Crippen LogP contribution in [0, 0.1) is 5.82 Å². The fourth-order valence-electron chi connectivity index (χ4n) is 2.89. The highest BCUT2D eigenvalue weighted by molar-refractivity contribution is 5.94. The van der Waals surface area contributed by atoms with E-state index in [-0.39, 0.29) is 29.4 Å². The van der Waals surface area contributed by atoms with Gasteiger partial charge in [0.15, 0.2) is 11.6 Å². The molecule has 0 aliphatic carbocycles. The van der Waals surface area contributed by atoms with Gasteiger partial charge in [0.1, 0.15) is 6.10 Å². The Balaban J connectivity index is 1.66. The molecule has 2 heterocycles. The highest BCUT2D eigenvalue weighted by atomic mass is 19.1. The average molecular weight is 333 g/mol. The first kappa shape index (κ1) is 16.4. The molecule has 1 fully saturated rings. The minimum Gasteiger partial charge on any atom is -0.494 e. The quantitative estimate of drug-likeness (QED) is 0.932. The zero-order chi connectivity index (χ0) is 17.1. The van der Waals surface area contributed by atoms with Crippen molar-refractivity contribution >= 4 is 5.91 Å². The number of carbonyl (C=O) groups is 1. The lowest BCUT2D eigenvalue weighted by atomic mass is 10.0. The van der Waals surface area contributed by atoms with E-state index in [9.17, 15) is 9.18 Å². The van der Waals surface area contributed by atoms with Crippen LogP contribution < -0.4 is 10.1 Å². The van der Waals surface area contributed by atoms with Gasteiger partial charge in [-0.15, -0.1) is 0 Å². The Morgan fingerprint density at radius 1 is 1.50 bits per heavy atom. The van der Waals surface area contributed by atoms with Crippen LogP contribution in [-0.2, 0) is 11.8 Å². The molecule has 0 saturated carbocycles. The maximum Gasteiger partial charge on any atom is 0.251 e. The Bertz CT molecular complexity index is 732. The minimum atomic E-state index is -0.551. The van der Waals surface area contributed by atoms with Gasteiger partial charge in [-0.2, -0.15) is 0 Å². The summed E-state index contributed by atoms with van der Waals surface area (Å²) in [6, 6.07) is 4.16. The molecular formula is C17H20FN3O3. The molecule has 0 unspecified atom stereocenters. The van der Waals surface area contributed by atoms with Crippen LogP contribution in [0.25, 0.3) is 0 Å². The zero-order valence-electron chi connectivity index (χ0n) is 13.7. The number of nitrogens with one attached hydrogen (secondary N) is 1. The summed E-state index contributed by atoms with van der Waals surface area (Å²) in [7, 11) is 3.30. The van der Waals surface area contributed by atoms with E-state index in [1.807, 2.05) is 11.6 Å². The summed E-state index contributed by atoms with van der Waals surface area (Å²) in [6.07, 6.45) is 4.77. The van der Waals surface area contributed by atoms with Gasteiger partial charge in [0.05, 0.1) is 25.3 Å². The average Bonchev–Trinajstić information content (AvgIpc) is 3.01. The van der Waals surface area contributed by atoms with Gasteiger partial charge in [0.2, 0.25) is 0 Å². The number of halogens is 1. The molecule has 1 aliphatic heterocycles. The molecule has 0 bridgehead atoms. The number of rotatable bonds is 4. The molecule has 2 aromatic rings. The Morgan fingerprint density at radius 3 is 3.00 bits per heavy atom. The van der Waals surface area contributed by atoms with Crippen molar-refractivity contribution in [3.8, 4) is 5.75 Å². The number of hydrogen-bond donors (Lipinski definition) is 1. The van der Waals surface area contributed by atoms with Crippen LogP contribution in [-0.4, -0.2) is 35.2 Å². The number of hydrogen-bond acceptors (Lipinski definition) is 4. The van der Waals surface area contributed by atoms with Crippen LogP contribution in [0.3, 0.4) is 0 Å². The summed E-state index contributed by atoms with van der Waals surface area (Å²) in [6.45, 7) is 0.553. The normalized spacial score (nSPS) is 20.6. The maximum absolute atomic E-state index is 13.7. The molecule has 6 nitrogen and oxygen atoms in total. The topological polar surface area (TPSA) is 65.4 Å². The van der Waals surface area contributed by atoms with E-state index in [0.29, 0.717) is 13.0 Å². The summed E-state index contributed by atoms with van der Waals surface area (Å²) < 4.78 is 26.3. The van der Waals surface area contributed by atoms with Gasteiger partial charge in [0.25, 0.3) is 5.91 Å². The first-order valence-electron chi connectivity index (χ1n) is 7.80. The lowest BCUT2D eigenvalue weighted by Crippen LogP contribution is -2.40. The second-order valence-electron chi connectivity index (χ2n) is 5.83. The van der Waals surface area contributed by atoms with Crippen molar-refractivity contribution in [2.24, 2.45) is 7.05 Å². The Labute approximate surface area is 139 Å². The molecule has 7 heteroatoms. The zero-order valence-corrected chi connectivity index (χ0v) is 13.7. The Hall–Kier alpha value is -2.41. The van der Waals surface area contributed by atoms with Gasteiger partial charge < -0.3 is 19.4 Å². The molecular weight excluding hydrogens is 313 g/mol. The number of ether oxygens (including phenoxy) is 2. The summed E-state index contributed by atoms with van der Waals surface area (Å²) >= 11 is 0. The third kappa shape index (κ3) is 3.41. The minimum absolute atomic E-state index is 0.0312. The second-order valence-corrected chi connectivity index (χ2v) is 5.83. The molecule has 1 aromatic heterocycles. The number of nitrogens with zero attached hydrogens (tertiary/aromatic N) is 2. The molecule has 1 amide bonds. The van der Waals surface area contributed by atoms with Crippen molar-refractivity contribution in [3.05, 3.63) is 47.8 Å². The predicted octanol–water partition coefficient (Wildman–Crippen LogP) is 2.22. The first-order valence-corrected chi connectivity index (χ1v) is 7.80. The summed E-state index contributed by atoms with van der Waals surface area (Å²) in [5.41, 5.74) is 1.25. The van der Waals surface area contributed by atoms with E-state index in [4.69, 9.17) is 9.47 Å². The number of imidazole rings is 1. The molecule has 2 atom stereocenters.